The molecule has 3 rings (SSSR count). The van der Waals surface area contributed by atoms with E-state index < -0.39 is 10.0 Å². The number of likely N-dealkylation sites (N-methyl/N-ethyl adjacent to an activating group) is 1. The van der Waals surface area contributed by atoms with Gasteiger partial charge < -0.3 is 23.8 Å². The maximum atomic E-state index is 13.6. The van der Waals surface area contributed by atoms with E-state index in [9.17, 15) is 13.2 Å². The predicted molar refractivity (Wildman–Crippen MR) is 144 cm³/mol. The lowest BCUT2D eigenvalue weighted by Gasteiger charge is -2.25. The highest BCUT2D eigenvalue weighted by Gasteiger charge is 2.28. The lowest BCUT2D eigenvalue weighted by atomic mass is 10.1. The van der Waals surface area contributed by atoms with Crippen LogP contribution < -0.4 is 18.9 Å². The van der Waals surface area contributed by atoms with Gasteiger partial charge in [0.05, 0.1) is 39.9 Å². The van der Waals surface area contributed by atoms with E-state index in [1.165, 1.54) is 49.8 Å². The summed E-state index contributed by atoms with van der Waals surface area (Å²) in [6.07, 6.45) is 0.458. The van der Waals surface area contributed by atoms with Crippen molar-refractivity contribution in [2.24, 2.45) is 0 Å². The summed E-state index contributed by atoms with van der Waals surface area (Å²) in [6.45, 7) is 0.0366. The molecule has 0 fully saturated rings. The molecule has 3 aromatic carbocycles. The van der Waals surface area contributed by atoms with Crippen LogP contribution in [-0.2, 0) is 27.8 Å². The number of ether oxygens (including phenoxy) is 4. The number of rotatable bonds is 13. The minimum absolute atomic E-state index is 0.0893. The molecule has 0 radical (unpaired) electrons. The van der Waals surface area contributed by atoms with Crippen LogP contribution in [0.4, 0.5) is 0 Å². The molecule has 0 atom stereocenters. The molecule has 204 valence electrons. The largest absolute Gasteiger partial charge is 0.497 e. The average molecular weight is 543 g/mol. The van der Waals surface area contributed by atoms with Gasteiger partial charge in [-0.25, -0.2) is 8.42 Å². The molecule has 0 spiro atoms. The van der Waals surface area contributed by atoms with Gasteiger partial charge in [0.2, 0.25) is 21.7 Å². The van der Waals surface area contributed by atoms with Gasteiger partial charge in [-0.3, -0.25) is 4.79 Å². The van der Waals surface area contributed by atoms with Crippen LogP contribution in [0.1, 0.15) is 11.1 Å². The summed E-state index contributed by atoms with van der Waals surface area (Å²) in [5.74, 6) is 1.57. The van der Waals surface area contributed by atoms with E-state index in [4.69, 9.17) is 18.9 Å². The third kappa shape index (κ3) is 6.96. The van der Waals surface area contributed by atoms with Crippen LogP contribution in [0.15, 0.2) is 71.6 Å². The van der Waals surface area contributed by atoms with Gasteiger partial charge in [-0.1, -0.05) is 30.3 Å². The number of amides is 1. The zero-order valence-electron chi connectivity index (χ0n) is 22.3. The Labute approximate surface area is 224 Å². The molecular formula is C28H34N2O7S. The molecule has 0 saturated carbocycles. The summed E-state index contributed by atoms with van der Waals surface area (Å²) in [7, 11) is 3.74. The zero-order chi connectivity index (χ0) is 27.7. The van der Waals surface area contributed by atoms with Crippen molar-refractivity contribution in [1.82, 2.24) is 9.21 Å². The lowest BCUT2D eigenvalue weighted by molar-refractivity contribution is -0.130. The number of sulfonamides is 1. The average Bonchev–Trinajstić information content (AvgIpc) is 2.94. The Kier molecular flexibility index (Phi) is 9.98. The second-order valence-electron chi connectivity index (χ2n) is 8.53. The quantitative estimate of drug-likeness (QED) is 0.326. The highest BCUT2D eigenvalue weighted by Crippen LogP contribution is 2.38. The van der Waals surface area contributed by atoms with Crippen molar-refractivity contribution >= 4 is 15.9 Å². The molecule has 1 amide bonds. The Morgan fingerprint density at radius 2 is 1.39 bits per heavy atom. The fraction of sp³-hybridized carbons (Fsp3) is 0.321. The van der Waals surface area contributed by atoms with Crippen LogP contribution in [0.2, 0.25) is 0 Å². The number of carbonyl (C=O) groups excluding carboxylic acids is 1. The first-order valence-electron chi connectivity index (χ1n) is 11.9. The molecule has 0 heterocycles. The monoisotopic (exact) mass is 542 g/mol. The van der Waals surface area contributed by atoms with Gasteiger partial charge in [-0.05, 0) is 53.9 Å². The van der Waals surface area contributed by atoms with Gasteiger partial charge in [0.25, 0.3) is 0 Å². The van der Waals surface area contributed by atoms with Crippen LogP contribution in [0.25, 0.3) is 0 Å². The second-order valence-corrected chi connectivity index (χ2v) is 10.5. The molecule has 0 aliphatic rings. The van der Waals surface area contributed by atoms with E-state index in [1.54, 1.807) is 31.3 Å². The fourth-order valence-electron chi connectivity index (χ4n) is 3.94. The van der Waals surface area contributed by atoms with E-state index in [0.29, 0.717) is 29.4 Å². The van der Waals surface area contributed by atoms with Crippen molar-refractivity contribution in [2.45, 2.75) is 17.9 Å². The van der Waals surface area contributed by atoms with E-state index in [-0.39, 0.29) is 30.4 Å². The van der Waals surface area contributed by atoms with Gasteiger partial charge in [0.1, 0.15) is 5.75 Å². The molecule has 0 unspecified atom stereocenters. The van der Waals surface area contributed by atoms with Crippen LogP contribution in [0.3, 0.4) is 0 Å². The Bertz CT molecular complexity index is 1290. The van der Waals surface area contributed by atoms with E-state index in [2.05, 4.69) is 0 Å². The van der Waals surface area contributed by atoms with Gasteiger partial charge >= 0.3 is 0 Å². The van der Waals surface area contributed by atoms with Crippen molar-refractivity contribution in [3.63, 3.8) is 0 Å². The van der Waals surface area contributed by atoms with Crippen molar-refractivity contribution in [1.29, 1.82) is 0 Å². The SMILES string of the molecule is COc1ccc(S(=O)(=O)N(CCc2ccccc2)CC(=O)N(C)Cc2cc(OC)c(OC)c(OC)c2)cc1. The molecular weight excluding hydrogens is 508 g/mol. The Morgan fingerprint density at radius 1 is 0.789 bits per heavy atom. The molecule has 0 saturated heterocycles. The first kappa shape index (κ1) is 28.8. The van der Waals surface area contributed by atoms with Crippen LogP contribution in [0, 0.1) is 0 Å². The van der Waals surface area contributed by atoms with E-state index in [1.807, 2.05) is 30.3 Å². The van der Waals surface area contributed by atoms with Crippen molar-refractivity contribution in [3.05, 3.63) is 77.9 Å². The third-order valence-electron chi connectivity index (χ3n) is 6.07. The van der Waals surface area contributed by atoms with E-state index >= 15 is 0 Å². The number of hydrogen-bond acceptors (Lipinski definition) is 7. The summed E-state index contributed by atoms with van der Waals surface area (Å²) >= 11 is 0. The molecule has 0 aromatic heterocycles. The highest BCUT2D eigenvalue weighted by molar-refractivity contribution is 7.89. The molecule has 9 nitrogen and oxygen atoms in total. The minimum atomic E-state index is -3.95. The summed E-state index contributed by atoms with van der Waals surface area (Å²) in [4.78, 5) is 14.9. The first-order chi connectivity index (χ1) is 18.2. The lowest BCUT2D eigenvalue weighted by Crippen LogP contribution is -2.42. The van der Waals surface area contributed by atoms with Gasteiger partial charge in [-0.15, -0.1) is 0 Å². The Hall–Kier alpha value is -3.76. The van der Waals surface area contributed by atoms with Gasteiger partial charge in [0.15, 0.2) is 11.5 Å². The van der Waals surface area contributed by atoms with Crippen LogP contribution >= 0.6 is 0 Å². The van der Waals surface area contributed by atoms with Crippen molar-refractivity contribution < 1.29 is 32.2 Å². The van der Waals surface area contributed by atoms with Crippen LogP contribution in [0.5, 0.6) is 23.0 Å². The van der Waals surface area contributed by atoms with Crippen molar-refractivity contribution in [2.75, 3.05) is 48.6 Å². The standard InChI is InChI=1S/C28H34N2O7S/c1-29(19-22-17-25(35-3)28(37-5)26(18-22)36-4)27(31)20-30(16-15-21-9-7-6-8-10-21)38(32,33)24-13-11-23(34-2)12-14-24/h6-14,17-18H,15-16,19-20H2,1-5H3. The minimum Gasteiger partial charge on any atom is -0.497 e. The molecule has 10 heteroatoms. The van der Waals surface area contributed by atoms with Gasteiger partial charge in [-0.2, -0.15) is 4.31 Å². The number of benzene rings is 3. The normalized spacial score (nSPS) is 11.2. The molecule has 0 aliphatic heterocycles. The summed E-state index contributed by atoms with van der Waals surface area (Å²) in [6, 6.07) is 19.2. The topological polar surface area (TPSA) is 94.6 Å². The molecule has 3 aromatic rings. The molecule has 0 aliphatic carbocycles. The second kappa shape index (κ2) is 13.2. The summed E-state index contributed by atoms with van der Waals surface area (Å²) in [5.41, 5.74) is 1.71. The first-order valence-corrected chi connectivity index (χ1v) is 13.4. The summed E-state index contributed by atoms with van der Waals surface area (Å²) < 4.78 is 49.7. The Balaban J connectivity index is 1.83. The van der Waals surface area contributed by atoms with E-state index in [0.717, 1.165) is 11.1 Å². The maximum absolute atomic E-state index is 13.6. The van der Waals surface area contributed by atoms with Crippen molar-refractivity contribution in [3.8, 4) is 23.0 Å². The van der Waals surface area contributed by atoms with Gasteiger partial charge in [0, 0.05) is 20.1 Å². The molecule has 38 heavy (non-hydrogen) atoms. The zero-order valence-corrected chi connectivity index (χ0v) is 23.2. The number of carbonyl (C=O) groups is 1. The highest BCUT2D eigenvalue weighted by atomic mass is 32.2. The summed E-state index contributed by atoms with van der Waals surface area (Å²) in [5, 5.41) is 0. The number of nitrogens with zero attached hydrogens (tertiary/aromatic N) is 2. The smallest absolute Gasteiger partial charge is 0.243 e. The predicted octanol–water partition coefficient (Wildman–Crippen LogP) is 3.61. The fourth-order valence-corrected chi connectivity index (χ4v) is 5.33. The third-order valence-corrected chi connectivity index (χ3v) is 7.93. The maximum Gasteiger partial charge on any atom is 0.243 e. The number of methoxy groups -OCH3 is 4. The molecule has 0 bridgehead atoms. The molecule has 0 N–H and O–H groups in total. The van der Waals surface area contributed by atoms with Crippen LogP contribution in [-0.4, -0.2) is 72.1 Å². The Morgan fingerprint density at radius 3 is 1.92 bits per heavy atom. The number of hydrogen-bond donors (Lipinski definition) is 0.